The number of rotatable bonds is 1. The first kappa shape index (κ1) is 14.5. The number of halogens is 1. The quantitative estimate of drug-likeness (QED) is 0.677. The van der Waals surface area contributed by atoms with E-state index in [1.54, 1.807) is 0 Å². The van der Waals surface area contributed by atoms with Gasteiger partial charge in [-0.3, -0.25) is 4.79 Å². The lowest BCUT2D eigenvalue weighted by molar-refractivity contribution is 0.0735. The summed E-state index contributed by atoms with van der Waals surface area (Å²) in [5.74, 6) is 0.0958. The molecule has 0 bridgehead atoms. The normalized spacial score (nSPS) is 14.1. The van der Waals surface area contributed by atoms with Gasteiger partial charge in [-0.2, -0.15) is 0 Å². The number of H-pyrrole nitrogens is 1. The number of hydrogen-bond acceptors (Lipinski definition) is 1. The van der Waals surface area contributed by atoms with E-state index < -0.39 is 0 Å². The summed E-state index contributed by atoms with van der Waals surface area (Å²) >= 11 is 3.44. The summed E-state index contributed by atoms with van der Waals surface area (Å²) in [7, 11) is 0. The van der Waals surface area contributed by atoms with E-state index in [-0.39, 0.29) is 5.91 Å². The molecule has 0 atom stereocenters. The number of nitrogens with one attached hydrogen (secondary N) is 1. The highest BCUT2D eigenvalue weighted by Gasteiger charge is 2.24. The van der Waals surface area contributed by atoms with Crippen LogP contribution in [0.1, 0.15) is 27.2 Å². The number of aromatic nitrogens is 1. The Labute approximate surface area is 143 Å². The molecule has 1 aliphatic rings. The molecule has 0 radical (unpaired) electrons. The molecule has 1 amide bonds. The fourth-order valence-electron chi connectivity index (χ4n) is 3.31. The molecule has 3 nitrogen and oxygen atoms in total. The number of nitrogens with zero attached hydrogens (tertiary/aromatic N) is 1. The predicted molar refractivity (Wildman–Crippen MR) is 95.6 cm³/mol. The summed E-state index contributed by atoms with van der Waals surface area (Å²) in [5, 5.41) is 1.23. The van der Waals surface area contributed by atoms with Crippen molar-refractivity contribution in [3.05, 3.63) is 69.3 Å². The molecule has 0 aliphatic carbocycles. The Morgan fingerprint density at radius 3 is 2.91 bits per heavy atom. The molecule has 1 aliphatic heterocycles. The Morgan fingerprint density at radius 1 is 1.22 bits per heavy atom. The van der Waals surface area contributed by atoms with E-state index in [0.717, 1.165) is 23.0 Å². The van der Waals surface area contributed by atoms with Crippen molar-refractivity contribution in [2.24, 2.45) is 0 Å². The van der Waals surface area contributed by atoms with E-state index in [2.05, 4.69) is 46.0 Å². The Bertz CT molecular complexity index is 913. The number of aryl methyl sites for hydroxylation is 1. The lowest BCUT2D eigenvalue weighted by Crippen LogP contribution is -2.35. The van der Waals surface area contributed by atoms with Gasteiger partial charge in [0.2, 0.25) is 0 Å². The number of fused-ring (bicyclic) bond motifs is 3. The molecule has 0 fully saturated rings. The van der Waals surface area contributed by atoms with Crippen LogP contribution in [0.3, 0.4) is 0 Å². The van der Waals surface area contributed by atoms with Gasteiger partial charge in [0.1, 0.15) is 0 Å². The Balaban J connectivity index is 1.68. The molecule has 0 saturated carbocycles. The third-order valence-corrected chi connectivity index (χ3v) is 4.98. The molecular weight excluding hydrogens is 352 g/mol. The second-order valence-corrected chi connectivity index (χ2v) is 7.03. The number of hydrogen-bond donors (Lipinski definition) is 1. The first-order chi connectivity index (χ1) is 11.1. The van der Waals surface area contributed by atoms with Gasteiger partial charge in [0.25, 0.3) is 5.91 Å². The van der Waals surface area contributed by atoms with E-state index in [1.807, 2.05) is 29.2 Å². The average Bonchev–Trinajstić information content (AvgIpc) is 2.90. The van der Waals surface area contributed by atoms with E-state index >= 15 is 0 Å². The number of amides is 1. The molecule has 0 spiro atoms. The molecule has 116 valence electrons. The van der Waals surface area contributed by atoms with Gasteiger partial charge in [-0.25, -0.2) is 0 Å². The van der Waals surface area contributed by atoms with Crippen molar-refractivity contribution in [1.82, 2.24) is 9.88 Å². The van der Waals surface area contributed by atoms with Crippen molar-refractivity contribution in [2.45, 2.75) is 19.9 Å². The van der Waals surface area contributed by atoms with Gasteiger partial charge in [0.15, 0.2) is 0 Å². The number of benzene rings is 2. The second kappa shape index (κ2) is 5.53. The van der Waals surface area contributed by atoms with Crippen LogP contribution in [0.15, 0.2) is 46.9 Å². The van der Waals surface area contributed by atoms with Gasteiger partial charge >= 0.3 is 0 Å². The zero-order valence-electron chi connectivity index (χ0n) is 12.9. The molecule has 2 heterocycles. The standard InChI is InChI=1S/C19H17BrN2O/c1-12-5-6-15-16-11-22(8-7-17(16)21-18(15)9-12)19(23)13-3-2-4-14(20)10-13/h2-6,9-10,21H,7-8,11H2,1H3. The topological polar surface area (TPSA) is 36.1 Å². The minimum absolute atomic E-state index is 0.0958. The Kier molecular flexibility index (Phi) is 3.49. The van der Waals surface area contributed by atoms with E-state index in [9.17, 15) is 4.79 Å². The first-order valence-corrected chi connectivity index (χ1v) is 8.56. The van der Waals surface area contributed by atoms with Crippen LogP contribution >= 0.6 is 15.9 Å². The van der Waals surface area contributed by atoms with Crippen LogP contribution in [0, 0.1) is 6.92 Å². The zero-order chi connectivity index (χ0) is 16.0. The van der Waals surface area contributed by atoms with Crippen molar-refractivity contribution in [1.29, 1.82) is 0 Å². The summed E-state index contributed by atoms with van der Waals surface area (Å²) in [5.41, 5.74) is 5.68. The van der Waals surface area contributed by atoms with E-state index in [4.69, 9.17) is 0 Å². The Hall–Kier alpha value is -2.07. The lowest BCUT2D eigenvalue weighted by Gasteiger charge is -2.27. The Morgan fingerprint density at radius 2 is 2.09 bits per heavy atom. The highest BCUT2D eigenvalue weighted by Crippen LogP contribution is 2.29. The minimum atomic E-state index is 0.0958. The molecular formula is C19H17BrN2O. The highest BCUT2D eigenvalue weighted by atomic mass is 79.9. The monoisotopic (exact) mass is 368 g/mol. The molecule has 4 heteroatoms. The van der Waals surface area contributed by atoms with Crippen LogP contribution in [-0.4, -0.2) is 22.3 Å². The van der Waals surface area contributed by atoms with Crippen LogP contribution in [0.2, 0.25) is 0 Å². The summed E-state index contributed by atoms with van der Waals surface area (Å²) in [6.07, 6.45) is 0.878. The molecule has 0 saturated heterocycles. The summed E-state index contributed by atoms with van der Waals surface area (Å²) < 4.78 is 0.934. The lowest BCUT2D eigenvalue weighted by atomic mass is 10.0. The fraction of sp³-hybridized carbons (Fsp3) is 0.211. The van der Waals surface area contributed by atoms with Crippen molar-refractivity contribution in [2.75, 3.05) is 6.54 Å². The predicted octanol–water partition coefficient (Wildman–Crippen LogP) is 4.44. The van der Waals surface area contributed by atoms with Crippen molar-refractivity contribution in [3.8, 4) is 0 Å². The minimum Gasteiger partial charge on any atom is -0.358 e. The van der Waals surface area contributed by atoms with Crippen molar-refractivity contribution in [3.63, 3.8) is 0 Å². The SMILES string of the molecule is Cc1ccc2c3c([nH]c2c1)CCN(C(=O)c1cccc(Br)c1)C3. The first-order valence-electron chi connectivity index (χ1n) is 7.77. The summed E-state index contributed by atoms with van der Waals surface area (Å²) in [6, 6.07) is 14.1. The fourth-order valence-corrected chi connectivity index (χ4v) is 3.71. The molecule has 4 rings (SSSR count). The molecule has 3 aromatic rings. The maximum absolute atomic E-state index is 12.8. The van der Waals surface area contributed by atoms with Crippen LogP contribution in [0.5, 0.6) is 0 Å². The second-order valence-electron chi connectivity index (χ2n) is 6.12. The van der Waals surface area contributed by atoms with Gasteiger partial charge in [-0.15, -0.1) is 0 Å². The largest absolute Gasteiger partial charge is 0.358 e. The van der Waals surface area contributed by atoms with E-state index in [1.165, 1.54) is 27.7 Å². The summed E-state index contributed by atoms with van der Waals surface area (Å²) in [4.78, 5) is 18.2. The van der Waals surface area contributed by atoms with E-state index in [0.29, 0.717) is 6.54 Å². The van der Waals surface area contributed by atoms with Gasteiger partial charge in [-0.1, -0.05) is 34.1 Å². The summed E-state index contributed by atoms with van der Waals surface area (Å²) in [6.45, 7) is 3.52. The third-order valence-electron chi connectivity index (χ3n) is 4.49. The van der Waals surface area contributed by atoms with Gasteiger partial charge in [0.05, 0.1) is 0 Å². The number of carbonyl (C=O) groups is 1. The number of carbonyl (C=O) groups excluding carboxylic acids is 1. The van der Waals surface area contributed by atoms with Crippen LogP contribution in [0.25, 0.3) is 10.9 Å². The molecule has 0 unspecified atom stereocenters. The average molecular weight is 369 g/mol. The molecule has 23 heavy (non-hydrogen) atoms. The van der Waals surface area contributed by atoms with Gasteiger partial charge in [-0.05, 0) is 36.8 Å². The van der Waals surface area contributed by atoms with Crippen LogP contribution < -0.4 is 0 Å². The molecule has 1 N–H and O–H groups in total. The van der Waals surface area contributed by atoms with Crippen LogP contribution in [0.4, 0.5) is 0 Å². The van der Waals surface area contributed by atoms with Gasteiger partial charge < -0.3 is 9.88 Å². The smallest absolute Gasteiger partial charge is 0.254 e. The molecule has 2 aromatic carbocycles. The maximum atomic E-state index is 12.8. The zero-order valence-corrected chi connectivity index (χ0v) is 14.5. The van der Waals surface area contributed by atoms with Gasteiger partial charge in [0, 0.05) is 51.7 Å². The number of aromatic amines is 1. The maximum Gasteiger partial charge on any atom is 0.254 e. The van der Waals surface area contributed by atoms with Crippen LogP contribution in [-0.2, 0) is 13.0 Å². The third kappa shape index (κ3) is 2.57. The molecule has 1 aromatic heterocycles. The van der Waals surface area contributed by atoms with Crippen molar-refractivity contribution >= 4 is 32.7 Å². The van der Waals surface area contributed by atoms with Crippen molar-refractivity contribution < 1.29 is 4.79 Å². The highest BCUT2D eigenvalue weighted by molar-refractivity contribution is 9.10.